The summed E-state index contributed by atoms with van der Waals surface area (Å²) in [6.07, 6.45) is 0.110. The second kappa shape index (κ2) is 4.18. The average molecular weight is 255 g/mol. The van der Waals surface area contributed by atoms with E-state index in [9.17, 15) is 13.5 Å². The summed E-state index contributed by atoms with van der Waals surface area (Å²) in [5.74, 6) is 0. The number of hydrogen-bond acceptors (Lipinski definition) is 4. The smallest absolute Gasteiger partial charge is 0.152 e. The maximum absolute atomic E-state index is 11.2. The maximum atomic E-state index is 11.2. The summed E-state index contributed by atoms with van der Waals surface area (Å²) >= 11 is 6.87. The highest BCUT2D eigenvalue weighted by atomic mass is 35.5. The van der Waals surface area contributed by atoms with Crippen molar-refractivity contribution >= 4 is 32.8 Å². The Hall–Kier alpha value is -0.100. The standard InChI is InChI=1S/C8H11ClO3S2/c1-5(14(2,11)12)8(10)6-3-4-7(9)13-6/h3-5,8,10H,1-2H3. The van der Waals surface area contributed by atoms with Crippen LogP contribution >= 0.6 is 22.9 Å². The molecule has 1 rings (SSSR count). The van der Waals surface area contributed by atoms with Gasteiger partial charge in [0.25, 0.3) is 0 Å². The monoisotopic (exact) mass is 254 g/mol. The molecule has 1 aromatic heterocycles. The summed E-state index contributed by atoms with van der Waals surface area (Å²) in [6.45, 7) is 1.48. The van der Waals surface area contributed by atoms with Gasteiger partial charge in [-0.2, -0.15) is 0 Å². The number of thiophene rings is 1. The molecule has 0 saturated heterocycles. The molecule has 14 heavy (non-hydrogen) atoms. The van der Waals surface area contributed by atoms with E-state index in [1.54, 1.807) is 12.1 Å². The van der Waals surface area contributed by atoms with E-state index in [1.807, 2.05) is 0 Å². The Morgan fingerprint density at radius 3 is 2.43 bits per heavy atom. The van der Waals surface area contributed by atoms with Crippen molar-refractivity contribution in [1.82, 2.24) is 0 Å². The molecule has 0 aliphatic rings. The Balaban J connectivity index is 2.91. The highest BCUT2D eigenvalue weighted by Gasteiger charge is 2.26. The van der Waals surface area contributed by atoms with Crippen LogP contribution in [-0.2, 0) is 9.84 Å². The number of aliphatic hydroxyl groups is 1. The summed E-state index contributed by atoms with van der Waals surface area (Å²) in [7, 11) is -3.23. The van der Waals surface area contributed by atoms with Gasteiger partial charge in [-0.3, -0.25) is 0 Å². The molecule has 3 nitrogen and oxygen atoms in total. The highest BCUT2D eigenvalue weighted by Crippen LogP contribution is 2.30. The fourth-order valence-corrected chi connectivity index (χ4v) is 2.81. The third kappa shape index (κ3) is 2.70. The Morgan fingerprint density at radius 2 is 2.07 bits per heavy atom. The molecule has 0 aliphatic carbocycles. The zero-order valence-electron chi connectivity index (χ0n) is 7.77. The first-order valence-corrected chi connectivity index (χ1v) is 7.09. The van der Waals surface area contributed by atoms with Crippen LogP contribution in [-0.4, -0.2) is 25.0 Å². The average Bonchev–Trinajstić information content (AvgIpc) is 2.47. The molecule has 80 valence electrons. The van der Waals surface area contributed by atoms with Gasteiger partial charge in [-0.1, -0.05) is 11.6 Å². The minimum absolute atomic E-state index is 0.541. The molecule has 2 unspecified atom stereocenters. The van der Waals surface area contributed by atoms with E-state index in [2.05, 4.69) is 0 Å². The van der Waals surface area contributed by atoms with Crippen LogP contribution in [0.15, 0.2) is 12.1 Å². The number of aliphatic hydroxyl groups excluding tert-OH is 1. The van der Waals surface area contributed by atoms with Crippen LogP contribution in [0.3, 0.4) is 0 Å². The van der Waals surface area contributed by atoms with Gasteiger partial charge in [0.05, 0.1) is 9.59 Å². The summed E-state index contributed by atoms with van der Waals surface area (Å²) in [5, 5.41) is 8.90. The number of sulfone groups is 1. The van der Waals surface area contributed by atoms with Crippen LogP contribution < -0.4 is 0 Å². The molecule has 0 fully saturated rings. The Bertz CT molecular complexity index is 410. The Morgan fingerprint density at radius 1 is 1.50 bits per heavy atom. The van der Waals surface area contributed by atoms with Gasteiger partial charge in [0.15, 0.2) is 9.84 Å². The molecule has 1 N–H and O–H groups in total. The van der Waals surface area contributed by atoms with Crippen LogP contribution in [0.4, 0.5) is 0 Å². The largest absolute Gasteiger partial charge is 0.386 e. The zero-order valence-corrected chi connectivity index (χ0v) is 10.2. The molecule has 0 aromatic carbocycles. The van der Waals surface area contributed by atoms with Gasteiger partial charge in [-0.05, 0) is 19.1 Å². The normalized spacial score (nSPS) is 16.6. The van der Waals surface area contributed by atoms with Crippen molar-refractivity contribution in [3.8, 4) is 0 Å². The van der Waals surface area contributed by atoms with Crippen LogP contribution in [0.5, 0.6) is 0 Å². The molecular weight excluding hydrogens is 244 g/mol. The van der Waals surface area contributed by atoms with E-state index in [1.165, 1.54) is 18.3 Å². The van der Waals surface area contributed by atoms with E-state index in [4.69, 9.17) is 11.6 Å². The highest BCUT2D eigenvalue weighted by molar-refractivity contribution is 7.91. The molecule has 0 aliphatic heterocycles. The van der Waals surface area contributed by atoms with Crippen molar-refractivity contribution < 1.29 is 13.5 Å². The van der Waals surface area contributed by atoms with Crippen LogP contribution in [0, 0.1) is 0 Å². The van der Waals surface area contributed by atoms with Gasteiger partial charge in [-0.15, -0.1) is 11.3 Å². The Labute approximate surface area is 92.3 Å². The lowest BCUT2D eigenvalue weighted by Crippen LogP contribution is -2.23. The molecule has 0 amide bonds. The minimum atomic E-state index is -3.23. The van der Waals surface area contributed by atoms with E-state index in [-0.39, 0.29) is 0 Å². The van der Waals surface area contributed by atoms with Crippen LogP contribution in [0.25, 0.3) is 0 Å². The molecule has 6 heteroatoms. The predicted molar refractivity (Wildman–Crippen MR) is 58.6 cm³/mol. The molecule has 2 atom stereocenters. The third-order valence-electron chi connectivity index (χ3n) is 2.01. The summed E-state index contributed by atoms with van der Waals surface area (Å²) in [4.78, 5) is 0.577. The van der Waals surface area contributed by atoms with Crippen LogP contribution in [0.1, 0.15) is 17.9 Å². The first-order valence-electron chi connectivity index (χ1n) is 3.94. The van der Waals surface area contributed by atoms with E-state index in [0.717, 1.165) is 6.26 Å². The molecular formula is C8H11ClO3S2. The van der Waals surface area contributed by atoms with Crippen molar-refractivity contribution in [3.05, 3.63) is 21.3 Å². The van der Waals surface area contributed by atoms with Gasteiger partial charge in [-0.25, -0.2) is 8.42 Å². The zero-order chi connectivity index (χ0) is 10.9. The molecule has 0 saturated carbocycles. The number of hydrogen-bond donors (Lipinski definition) is 1. The summed E-state index contributed by atoms with van der Waals surface area (Å²) in [6, 6.07) is 3.28. The van der Waals surface area contributed by atoms with Crippen LogP contribution in [0.2, 0.25) is 4.34 Å². The van der Waals surface area contributed by atoms with E-state index < -0.39 is 21.2 Å². The lowest BCUT2D eigenvalue weighted by atomic mass is 10.2. The van der Waals surface area contributed by atoms with Gasteiger partial charge in [0.1, 0.15) is 6.10 Å². The van der Waals surface area contributed by atoms with Gasteiger partial charge in [0, 0.05) is 11.1 Å². The Kier molecular flexibility index (Phi) is 3.58. The van der Waals surface area contributed by atoms with Gasteiger partial charge in [0.2, 0.25) is 0 Å². The lowest BCUT2D eigenvalue weighted by Gasteiger charge is -2.15. The quantitative estimate of drug-likeness (QED) is 0.896. The molecule has 0 bridgehead atoms. The molecule has 0 radical (unpaired) electrons. The van der Waals surface area contributed by atoms with Crippen molar-refractivity contribution in [3.63, 3.8) is 0 Å². The SMILES string of the molecule is CC(C(O)c1ccc(Cl)s1)S(C)(=O)=O. The topological polar surface area (TPSA) is 54.4 Å². The van der Waals surface area contributed by atoms with E-state index in [0.29, 0.717) is 9.21 Å². The van der Waals surface area contributed by atoms with Gasteiger partial charge >= 0.3 is 0 Å². The third-order valence-corrected chi connectivity index (χ3v) is 4.92. The second-order valence-corrected chi connectivity index (χ2v) is 7.27. The number of halogens is 1. The number of rotatable bonds is 3. The second-order valence-electron chi connectivity index (χ2n) is 3.12. The molecule has 0 spiro atoms. The summed E-state index contributed by atoms with van der Waals surface area (Å²) in [5.41, 5.74) is 0. The predicted octanol–water partition coefficient (Wildman–Crippen LogP) is 1.87. The maximum Gasteiger partial charge on any atom is 0.152 e. The molecule has 1 heterocycles. The fraction of sp³-hybridized carbons (Fsp3) is 0.500. The minimum Gasteiger partial charge on any atom is -0.386 e. The lowest BCUT2D eigenvalue weighted by molar-refractivity contribution is 0.180. The van der Waals surface area contributed by atoms with Crippen molar-refractivity contribution in [2.75, 3.05) is 6.26 Å². The van der Waals surface area contributed by atoms with Gasteiger partial charge < -0.3 is 5.11 Å². The first kappa shape index (κ1) is 12.0. The van der Waals surface area contributed by atoms with Crippen molar-refractivity contribution in [2.45, 2.75) is 18.3 Å². The summed E-state index contributed by atoms with van der Waals surface area (Å²) < 4.78 is 22.9. The first-order chi connectivity index (χ1) is 6.32. The van der Waals surface area contributed by atoms with Crippen molar-refractivity contribution in [1.29, 1.82) is 0 Å². The van der Waals surface area contributed by atoms with E-state index >= 15 is 0 Å². The fourth-order valence-electron chi connectivity index (χ4n) is 0.953. The van der Waals surface area contributed by atoms with Crippen molar-refractivity contribution in [2.24, 2.45) is 0 Å². The molecule has 1 aromatic rings.